The van der Waals surface area contributed by atoms with Crippen molar-refractivity contribution in [1.29, 1.82) is 0 Å². The number of carbonyl (C=O) groups is 1. The largest absolute Gasteiger partial charge is 0.486 e. The molecule has 3 heterocycles. The summed E-state index contributed by atoms with van der Waals surface area (Å²) in [6.07, 6.45) is 1.64. The van der Waals surface area contributed by atoms with Crippen LogP contribution in [0, 0.1) is 12.8 Å². The van der Waals surface area contributed by atoms with E-state index in [9.17, 15) is 4.79 Å². The Hall–Kier alpha value is -2.74. The number of furan rings is 1. The maximum Gasteiger partial charge on any atom is 0.253 e. The maximum absolute atomic E-state index is 12.9. The molecule has 0 fully saturated rings. The van der Waals surface area contributed by atoms with Crippen LogP contribution in [0.5, 0.6) is 5.75 Å². The molecule has 0 unspecified atom stereocenters. The van der Waals surface area contributed by atoms with Gasteiger partial charge in [0.05, 0.1) is 29.8 Å². The number of hydrogen-bond donors (Lipinski definition) is 1. The van der Waals surface area contributed by atoms with Crippen LogP contribution in [0.2, 0.25) is 10.0 Å². The number of nitrogens with one attached hydrogen (secondary N) is 1. The van der Waals surface area contributed by atoms with Crippen molar-refractivity contribution >= 4 is 40.4 Å². The van der Waals surface area contributed by atoms with Crippen LogP contribution in [0.25, 0.3) is 11.4 Å². The molecule has 0 bridgehead atoms. The van der Waals surface area contributed by atoms with Gasteiger partial charge < -0.3 is 19.0 Å². The lowest BCUT2D eigenvalue weighted by molar-refractivity contribution is 0.0948. The first-order chi connectivity index (χ1) is 16.3. The summed E-state index contributed by atoms with van der Waals surface area (Å²) < 4.78 is 13.5. The van der Waals surface area contributed by atoms with Crippen molar-refractivity contribution in [3.05, 3.63) is 80.1 Å². The monoisotopic (exact) mass is 517 g/mol. The van der Waals surface area contributed by atoms with Gasteiger partial charge in [-0.1, -0.05) is 37.0 Å². The highest BCUT2D eigenvalue weighted by Gasteiger charge is 2.21. The summed E-state index contributed by atoms with van der Waals surface area (Å²) >= 11 is 13.6. The minimum Gasteiger partial charge on any atom is -0.486 e. The molecule has 0 atom stereocenters. The molecule has 4 aromatic rings. The van der Waals surface area contributed by atoms with E-state index in [1.165, 1.54) is 11.3 Å². The van der Waals surface area contributed by atoms with Gasteiger partial charge in [-0.2, -0.15) is 0 Å². The number of rotatable bonds is 9. The first-order valence-corrected chi connectivity index (χ1v) is 12.5. The Bertz CT molecular complexity index is 1260. The third-order valence-corrected chi connectivity index (χ3v) is 6.45. The van der Waals surface area contributed by atoms with Crippen LogP contribution in [0.3, 0.4) is 0 Å². The van der Waals surface area contributed by atoms with E-state index in [4.69, 9.17) is 37.3 Å². The lowest BCUT2D eigenvalue weighted by Gasteiger charge is -2.10. The lowest BCUT2D eigenvalue weighted by Crippen LogP contribution is -2.27. The Morgan fingerprint density at radius 2 is 2.00 bits per heavy atom. The molecule has 9 heteroatoms. The van der Waals surface area contributed by atoms with Gasteiger partial charge in [-0.25, -0.2) is 4.98 Å². The summed E-state index contributed by atoms with van der Waals surface area (Å²) in [7, 11) is 0. The SMILES string of the molecule is Cc1c(C(=O)NCC(C)C)cc(-c2csc(COc3cc(Cl)cc(Cl)c3)n2)n1Cc1ccco1. The fraction of sp³-hybridized carbons (Fsp3) is 0.280. The van der Waals surface area contributed by atoms with Gasteiger partial charge in [0.15, 0.2) is 0 Å². The number of aromatic nitrogens is 2. The van der Waals surface area contributed by atoms with Crippen LogP contribution in [0.15, 0.2) is 52.5 Å². The number of halogens is 2. The highest BCUT2D eigenvalue weighted by Crippen LogP contribution is 2.30. The molecule has 0 radical (unpaired) electrons. The van der Waals surface area contributed by atoms with Gasteiger partial charge in [0, 0.05) is 27.7 Å². The third-order valence-electron chi connectivity index (χ3n) is 5.19. The van der Waals surface area contributed by atoms with Gasteiger partial charge in [0.2, 0.25) is 0 Å². The molecule has 1 aromatic carbocycles. The molecule has 0 spiro atoms. The molecule has 1 N–H and O–H groups in total. The number of thiazole rings is 1. The van der Waals surface area contributed by atoms with Crippen molar-refractivity contribution < 1.29 is 13.9 Å². The van der Waals surface area contributed by atoms with Gasteiger partial charge >= 0.3 is 0 Å². The average molecular weight is 518 g/mol. The van der Waals surface area contributed by atoms with Gasteiger partial charge in [0.25, 0.3) is 5.91 Å². The van der Waals surface area contributed by atoms with E-state index in [1.54, 1.807) is 24.5 Å². The average Bonchev–Trinajstić information content (AvgIpc) is 3.52. The number of ether oxygens (including phenoxy) is 1. The Morgan fingerprint density at radius 1 is 1.24 bits per heavy atom. The molecule has 6 nitrogen and oxygen atoms in total. The predicted octanol–water partition coefficient (Wildman–Crippen LogP) is 6.83. The lowest BCUT2D eigenvalue weighted by atomic mass is 10.2. The summed E-state index contributed by atoms with van der Waals surface area (Å²) in [5, 5.41) is 6.79. The number of hydrogen-bond acceptors (Lipinski definition) is 5. The molecule has 3 aromatic heterocycles. The first-order valence-electron chi connectivity index (χ1n) is 10.8. The van der Waals surface area contributed by atoms with Crippen molar-refractivity contribution in [2.45, 2.75) is 33.9 Å². The molecule has 0 aliphatic rings. The molecule has 34 heavy (non-hydrogen) atoms. The Morgan fingerprint density at radius 3 is 2.68 bits per heavy atom. The quantitative estimate of drug-likeness (QED) is 0.264. The highest BCUT2D eigenvalue weighted by atomic mass is 35.5. The van der Waals surface area contributed by atoms with Crippen LogP contribution in [-0.4, -0.2) is 22.0 Å². The van der Waals surface area contributed by atoms with Crippen molar-refractivity contribution in [3.8, 4) is 17.1 Å². The molecule has 4 rings (SSSR count). The van der Waals surface area contributed by atoms with Crippen LogP contribution in [-0.2, 0) is 13.2 Å². The van der Waals surface area contributed by atoms with Gasteiger partial charge in [-0.3, -0.25) is 4.79 Å². The smallest absolute Gasteiger partial charge is 0.253 e. The molecule has 0 aliphatic heterocycles. The summed E-state index contributed by atoms with van der Waals surface area (Å²) in [5.41, 5.74) is 3.09. The van der Waals surface area contributed by atoms with E-state index in [0.29, 0.717) is 40.4 Å². The van der Waals surface area contributed by atoms with E-state index in [-0.39, 0.29) is 12.5 Å². The Labute approximate surface area is 212 Å². The van der Waals surface area contributed by atoms with Crippen LogP contribution >= 0.6 is 34.5 Å². The Kier molecular flexibility index (Phi) is 7.66. The molecular formula is C25H25Cl2N3O3S. The van der Waals surface area contributed by atoms with Crippen LogP contribution in [0.1, 0.15) is 40.7 Å². The summed E-state index contributed by atoms with van der Waals surface area (Å²) in [6.45, 7) is 7.46. The topological polar surface area (TPSA) is 69.3 Å². The number of benzene rings is 1. The van der Waals surface area contributed by atoms with E-state index < -0.39 is 0 Å². The zero-order valence-electron chi connectivity index (χ0n) is 19.1. The van der Waals surface area contributed by atoms with Crippen molar-refractivity contribution in [3.63, 3.8) is 0 Å². The van der Waals surface area contributed by atoms with Crippen molar-refractivity contribution in [2.24, 2.45) is 5.92 Å². The number of amides is 1. The third kappa shape index (κ3) is 5.84. The molecule has 1 amide bonds. The van der Waals surface area contributed by atoms with E-state index in [0.717, 1.165) is 27.8 Å². The summed E-state index contributed by atoms with van der Waals surface area (Å²) in [6, 6.07) is 10.7. The first kappa shape index (κ1) is 24.4. The summed E-state index contributed by atoms with van der Waals surface area (Å²) in [5.74, 6) is 1.65. The minimum absolute atomic E-state index is 0.0951. The van der Waals surface area contributed by atoms with E-state index in [1.807, 2.05) is 30.5 Å². The van der Waals surface area contributed by atoms with Crippen molar-refractivity contribution in [1.82, 2.24) is 14.9 Å². The Balaban J connectivity index is 1.60. The number of carbonyl (C=O) groups excluding carboxylic acids is 1. The second-order valence-electron chi connectivity index (χ2n) is 8.32. The maximum atomic E-state index is 12.9. The number of nitrogens with zero attached hydrogens (tertiary/aromatic N) is 2. The predicted molar refractivity (Wildman–Crippen MR) is 136 cm³/mol. The second-order valence-corrected chi connectivity index (χ2v) is 10.1. The van der Waals surface area contributed by atoms with Gasteiger partial charge in [0.1, 0.15) is 23.1 Å². The van der Waals surface area contributed by atoms with Gasteiger partial charge in [-0.05, 0) is 49.2 Å². The molecule has 0 saturated heterocycles. The molecule has 0 saturated carbocycles. The molecule has 0 aliphatic carbocycles. The van der Waals surface area contributed by atoms with Gasteiger partial charge in [-0.15, -0.1) is 11.3 Å². The fourth-order valence-electron chi connectivity index (χ4n) is 3.49. The van der Waals surface area contributed by atoms with Crippen LogP contribution in [0.4, 0.5) is 0 Å². The minimum atomic E-state index is -0.0951. The van der Waals surface area contributed by atoms with Crippen LogP contribution < -0.4 is 10.1 Å². The normalized spacial score (nSPS) is 11.2. The fourth-order valence-corrected chi connectivity index (χ4v) is 4.70. The highest BCUT2D eigenvalue weighted by molar-refractivity contribution is 7.09. The van der Waals surface area contributed by atoms with Crippen molar-refractivity contribution in [2.75, 3.05) is 6.54 Å². The molecule has 178 valence electrons. The summed E-state index contributed by atoms with van der Waals surface area (Å²) in [4.78, 5) is 17.6. The second kappa shape index (κ2) is 10.7. The standard InChI is InChI=1S/C25H25Cl2N3O3S/c1-15(2)11-28-25(31)21-10-23(30(16(21)3)12-19-5-4-6-32-19)22-14-34-24(29-22)13-33-20-8-17(26)7-18(27)9-20/h4-10,14-15H,11-13H2,1-3H3,(H,28,31). The molecular weight excluding hydrogens is 493 g/mol. The zero-order chi connectivity index (χ0) is 24.2. The van der Waals surface area contributed by atoms with E-state index in [2.05, 4.69) is 23.7 Å². The van der Waals surface area contributed by atoms with E-state index >= 15 is 0 Å². The zero-order valence-corrected chi connectivity index (χ0v) is 21.4.